The zero-order valence-electron chi connectivity index (χ0n) is 12.1. The molecule has 0 aromatic carbocycles. The lowest BCUT2D eigenvalue weighted by Gasteiger charge is -2.26. The van der Waals surface area contributed by atoms with Crippen molar-refractivity contribution in [2.75, 3.05) is 13.1 Å². The van der Waals surface area contributed by atoms with E-state index in [1.165, 1.54) is 0 Å². The first-order chi connectivity index (χ1) is 8.33. The maximum atomic E-state index is 12.2. The maximum absolute atomic E-state index is 12.2. The van der Waals surface area contributed by atoms with Crippen LogP contribution in [0.2, 0.25) is 0 Å². The Balaban J connectivity index is 2.50. The third-order valence-electron chi connectivity index (χ3n) is 3.25. The summed E-state index contributed by atoms with van der Waals surface area (Å²) in [6, 6.07) is 0. The summed E-state index contributed by atoms with van der Waals surface area (Å²) in [7, 11) is 0. The molecule has 2 amide bonds. The second kappa shape index (κ2) is 6.21. The summed E-state index contributed by atoms with van der Waals surface area (Å²) in [6.07, 6.45) is 4.25. The fourth-order valence-electron chi connectivity index (χ4n) is 2.41. The van der Waals surface area contributed by atoms with Gasteiger partial charge in [0.2, 0.25) is 11.8 Å². The monoisotopic (exact) mass is 254 g/mol. The van der Waals surface area contributed by atoms with Gasteiger partial charge in [-0.2, -0.15) is 0 Å². The first kappa shape index (κ1) is 15.0. The van der Waals surface area contributed by atoms with Crippen molar-refractivity contribution in [3.8, 4) is 0 Å². The van der Waals surface area contributed by atoms with Crippen LogP contribution < -0.4 is 5.32 Å². The average Bonchev–Trinajstić information content (AvgIpc) is 2.75. The molecule has 0 spiro atoms. The fourth-order valence-corrected chi connectivity index (χ4v) is 2.41. The lowest BCUT2D eigenvalue weighted by molar-refractivity contribution is -0.139. The number of hydrogen-bond donors (Lipinski definition) is 1. The summed E-state index contributed by atoms with van der Waals surface area (Å²) in [5.41, 5.74) is -0.243. The van der Waals surface area contributed by atoms with Crippen molar-refractivity contribution in [1.82, 2.24) is 10.2 Å². The third kappa shape index (κ3) is 4.67. The van der Waals surface area contributed by atoms with Crippen LogP contribution in [0, 0.1) is 5.92 Å². The highest BCUT2D eigenvalue weighted by Crippen LogP contribution is 2.26. The van der Waals surface area contributed by atoms with Gasteiger partial charge in [-0.25, -0.2) is 0 Å². The molecule has 104 valence electrons. The normalized spacial score (nSPS) is 16.7. The van der Waals surface area contributed by atoms with Gasteiger partial charge in [0, 0.05) is 18.0 Å². The van der Waals surface area contributed by atoms with Crippen molar-refractivity contribution in [1.29, 1.82) is 0 Å². The molecule has 0 bridgehead atoms. The summed E-state index contributed by atoms with van der Waals surface area (Å²) in [6.45, 7) is 8.55. The van der Waals surface area contributed by atoms with E-state index in [-0.39, 0.29) is 29.8 Å². The summed E-state index contributed by atoms with van der Waals surface area (Å²) in [5, 5.41) is 2.90. The van der Waals surface area contributed by atoms with Crippen LogP contribution in [0.15, 0.2) is 0 Å². The zero-order chi connectivity index (χ0) is 13.8. The van der Waals surface area contributed by atoms with E-state index < -0.39 is 0 Å². The summed E-state index contributed by atoms with van der Waals surface area (Å²) < 4.78 is 0. The Kier molecular flexibility index (Phi) is 5.17. The minimum atomic E-state index is -0.243. The van der Waals surface area contributed by atoms with Gasteiger partial charge in [0.05, 0.1) is 6.54 Å². The molecule has 4 nitrogen and oxygen atoms in total. The first-order valence-electron chi connectivity index (χ1n) is 6.93. The van der Waals surface area contributed by atoms with Crippen molar-refractivity contribution in [2.45, 2.75) is 58.9 Å². The highest BCUT2D eigenvalue weighted by atomic mass is 16.2. The number of rotatable bonds is 4. The van der Waals surface area contributed by atoms with E-state index >= 15 is 0 Å². The third-order valence-corrected chi connectivity index (χ3v) is 3.25. The van der Waals surface area contributed by atoms with Crippen molar-refractivity contribution >= 4 is 11.8 Å². The second-order valence-electron chi connectivity index (χ2n) is 6.13. The number of likely N-dealkylation sites (N-methyl/N-ethyl adjacent to an activating group) is 1. The fraction of sp³-hybridized carbons (Fsp3) is 0.857. The molecule has 1 aliphatic rings. The van der Waals surface area contributed by atoms with Gasteiger partial charge in [-0.3, -0.25) is 9.59 Å². The van der Waals surface area contributed by atoms with Gasteiger partial charge in [0.25, 0.3) is 0 Å². The molecule has 0 atom stereocenters. The van der Waals surface area contributed by atoms with Gasteiger partial charge in [0.1, 0.15) is 0 Å². The van der Waals surface area contributed by atoms with Gasteiger partial charge in [-0.15, -0.1) is 0 Å². The topological polar surface area (TPSA) is 49.4 Å². The molecule has 18 heavy (non-hydrogen) atoms. The van der Waals surface area contributed by atoms with E-state index in [2.05, 4.69) is 5.32 Å². The van der Waals surface area contributed by atoms with Gasteiger partial charge < -0.3 is 10.2 Å². The molecule has 0 aromatic heterocycles. The molecule has 1 saturated carbocycles. The Morgan fingerprint density at radius 2 is 1.78 bits per heavy atom. The van der Waals surface area contributed by atoms with Crippen molar-refractivity contribution in [3.05, 3.63) is 0 Å². The van der Waals surface area contributed by atoms with E-state index in [0.29, 0.717) is 6.54 Å². The van der Waals surface area contributed by atoms with Gasteiger partial charge in [-0.05, 0) is 40.5 Å². The van der Waals surface area contributed by atoms with Gasteiger partial charge >= 0.3 is 0 Å². The Labute approximate surface area is 110 Å². The maximum Gasteiger partial charge on any atom is 0.240 e. The predicted molar refractivity (Wildman–Crippen MR) is 72.1 cm³/mol. The van der Waals surface area contributed by atoms with E-state index in [9.17, 15) is 9.59 Å². The number of carbonyl (C=O) groups is 2. The van der Waals surface area contributed by atoms with Crippen molar-refractivity contribution in [2.24, 2.45) is 5.92 Å². The molecule has 1 aliphatic carbocycles. The smallest absolute Gasteiger partial charge is 0.240 e. The highest BCUT2D eigenvalue weighted by molar-refractivity contribution is 5.86. The van der Waals surface area contributed by atoms with E-state index in [1.807, 2.05) is 27.7 Å². The summed E-state index contributed by atoms with van der Waals surface area (Å²) in [5.74, 6) is 0.224. The molecule has 0 radical (unpaired) electrons. The van der Waals surface area contributed by atoms with Gasteiger partial charge in [-0.1, -0.05) is 12.8 Å². The van der Waals surface area contributed by atoms with Crippen LogP contribution in [0.25, 0.3) is 0 Å². The molecule has 0 unspecified atom stereocenters. The Morgan fingerprint density at radius 1 is 1.22 bits per heavy atom. The number of amides is 2. The van der Waals surface area contributed by atoms with Crippen LogP contribution in [0.1, 0.15) is 53.4 Å². The quantitative estimate of drug-likeness (QED) is 0.833. The molecule has 1 fully saturated rings. The van der Waals surface area contributed by atoms with Gasteiger partial charge in [0.15, 0.2) is 0 Å². The van der Waals surface area contributed by atoms with E-state index in [4.69, 9.17) is 0 Å². The van der Waals surface area contributed by atoms with E-state index in [0.717, 1.165) is 25.7 Å². The number of carbonyl (C=O) groups excluding carboxylic acids is 2. The Hall–Kier alpha value is -1.06. The standard InChI is InChI=1S/C14H26N2O2/c1-5-16(10-12(17)15-14(2,3)4)13(18)11-8-6-7-9-11/h11H,5-10H2,1-4H3,(H,15,17). The second-order valence-corrected chi connectivity index (χ2v) is 6.13. The lowest BCUT2D eigenvalue weighted by Crippen LogP contribution is -2.48. The lowest BCUT2D eigenvalue weighted by atomic mass is 10.1. The minimum Gasteiger partial charge on any atom is -0.350 e. The minimum absolute atomic E-state index is 0.0734. The van der Waals surface area contributed by atoms with Crippen LogP contribution in [-0.4, -0.2) is 35.3 Å². The Bertz CT molecular complexity index is 301. The van der Waals surface area contributed by atoms with Crippen LogP contribution >= 0.6 is 0 Å². The van der Waals surface area contributed by atoms with Crippen LogP contribution in [0.4, 0.5) is 0 Å². The highest BCUT2D eigenvalue weighted by Gasteiger charge is 2.28. The summed E-state index contributed by atoms with van der Waals surface area (Å²) >= 11 is 0. The molecular weight excluding hydrogens is 228 g/mol. The van der Waals surface area contributed by atoms with Crippen molar-refractivity contribution in [3.63, 3.8) is 0 Å². The number of nitrogens with zero attached hydrogens (tertiary/aromatic N) is 1. The molecule has 0 aliphatic heterocycles. The molecule has 1 rings (SSSR count). The molecule has 0 saturated heterocycles. The Morgan fingerprint density at radius 3 is 2.22 bits per heavy atom. The number of nitrogens with one attached hydrogen (secondary N) is 1. The van der Waals surface area contributed by atoms with Crippen molar-refractivity contribution < 1.29 is 9.59 Å². The SMILES string of the molecule is CCN(CC(=O)NC(C)(C)C)C(=O)C1CCCC1. The van der Waals surface area contributed by atoms with Crippen LogP contribution in [0.5, 0.6) is 0 Å². The van der Waals surface area contributed by atoms with Crippen LogP contribution in [0.3, 0.4) is 0 Å². The molecular formula is C14H26N2O2. The predicted octanol–water partition coefficient (Wildman–Crippen LogP) is 1.94. The molecule has 4 heteroatoms. The van der Waals surface area contributed by atoms with E-state index in [1.54, 1.807) is 4.90 Å². The first-order valence-corrected chi connectivity index (χ1v) is 6.93. The average molecular weight is 254 g/mol. The van der Waals surface area contributed by atoms with Crippen LogP contribution in [-0.2, 0) is 9.59 Å². The number of hydrogen-bond acceptors (Lipinski definition) is 2. The molecule has 1 N–H and O–H groups in total. The summed E-state index contributed by atoms with van der Waals surface area (Å²) in [4.78, 5) is 25.7. The zero-order valence-corrected chi connectivity index (χ0v) is 12.1. The largest absolute Gasteiger partial charge is 0.350 e. The molecule has 0 aromatic rings. The molecule has 0 heterocycles.